The average Bonchev–Trinajstić information content (AvgIpc) is 2.14. The summed E-state index contributed by atoms with van der Waals surface area (Å²) in [4.78, 5) is 11.4. The summed E-state index contributed by atoms with van der Waals surface area (Å²) in [5, 5.41) is 5.77. The zero-order chi connectivity index (χ0) is 14.2. The highest BCUT2D eigenvalue weighted by atomic mass is 32.2. The molecule has 1 amide bonds. The van der Waals surface area contributed by atoms with Crippen LogP contribution in [0.1, 0.15) is 34.1 Å². The zero-order valence-corrected chi connectivity index (χ0v) is 12.5. The highest BCUT2D eigenvalue weighted by molar-refractivity contribution is 7.89. The summed E-state index contributed by atoms with van der Waals surface area (Å²) in [6, 6.07) is 0. The van der Waals surface area contributed by atoms with Crippen molar-refractivity contribution < 1.29 is 13.2 Å². The van der Waals surface area contributed by atoms with E-state index in [9.17, 15) is 13.2 Å². The summed E-state index contributed by atoms with van der Waals surface area (Å²) < 4.78 is 24.9. The topological polar surface area (TPSA) is 87.3 Å². The van der Waals surface area contributed by atoms with Crippen LogP contribution in [0.25, 0.3) is 0 Å². The molecule has 0 atom stereocenters. The van der Waals surface area contributed by atoms with Gasteiger partial charge in [-0.15, -0.1) is 0 Å². The van der Waals surface area contributed by atoms with Crippen molar-refractivity contribution in [1.82, 2.24) is 15.4 Å². The van der Waals surface area contributed by atoms with E-state index in [0.29, 0.717) is 19.5 Å². The third-order valence-electron chi connectivity index (χ3n) is 2.06. The number of hydrogen-bond donors (Lipinski definition) is 3. The lowest BCUT2D eigenvalue weighted by Gasteiger charge is -2.20. The van der Waals surface area contributed by atoms with Crippen molar-refractivity contribution >= 4 is 15.9 Å². The Hall–Kier alpha value is -0.660. The summed E-state index contributed by atoms with van der Waals surface area (Å²) in [5.41, 5.74) is -0.0192. The molecule has 7 heteroatoms. The minimum Gasteiger partial charge on any atom is -0.355 e. The van der Waals surface area contributed by atoms with Crippen LogP contribution in [0.5, 0.6) is 0 Å². The Bertz CT molecular complexity index is 347. The molecular formula is C11H25N3O3S. The zero-order valence-electron chi connectivity index (χ0n) is 11.7. The molecule has 0 bridgehead atoms. The number of sulfonamides is 1. The Morgan fingerprint density at radius 3 is 2.28 bits per heavy atom. The normalized spacial score (nSPS) is 12.4. The van der Waals surface area contributed by atoms with E-state index in [0.717, 1.165) is 0 Å². The van der Waals surface area contributed by atoms with Gasteiger partial charge in [0, 0.05) is 31.6 Å². The first kappa shape index (κ1) is 17.3. The van der Waals surface area contributed by atoms with Gasteiger partial charge in [0.2, 0.25) is 15.9 Å². The Morgan fingerprint density at radius 1 is 1.17 bits per heavy atom. The van der Waals surface area contributed by atoms with Crippen molar-refractivity contribution in [3.63, 3.8) is 0 Å². The van der Waals surface area contributed by atoms with Crippen LogP contribution in [0.2, 0.25) is 0 Å². The lowest BCUT2D eigenvalue weighted by atomic mass is 10.1. The molecule has 0 aromatic carbocycles. The molecule has 0 aromatic heterocycles. The van der Waals surface area contributed by atoms with Crippen molar-refractivity contribution in [3.05, 3.63) is 0 Å². The first-order valence-electron chi connectivity index (χ1n) is 6.15. The standard InChI is InChI=1S/C11H25N3O3S/c1-5-14-18(16,17)9-8-12-10(15)6-7-13-11(2,3)4/h13-14H,5-9H2,1-4H3,(H,12,15). The summed E-state index contributed by atoms with van der Waals surface area (Å²) in [6.45, 7) is 8.87. The van der Waals surface area contributed by atoms with Gasteiger partial charge in [-0.2, -0.15) is 0 Å². The van der Waals surface area contributed by atoms with Crippen molar-refractivity contribution in [2.75, 3.05) is 25.4 Å². The maximum absolute atomic E-state index is 11.4. The Labute approximate surface area is 110 Å². The first-order valence-corrected chi connectivity index (χ1v) is 7.80. The highest BCUT2D eigenvalue weighted by Gasteiger charge is 2.11. The van der Waals surface area contributed by atoms with Crippen molar-refractivity contribution in [3.8, 4) is 0 Å². The van der Waals surface area contributed by atoms with Crippen molar-refractivity contribution in [2.45, 2.75) is 39.7 Å². The third-order valence-corrected chi connectivity index (χ3v) is 3.53. The van der Waals surface area contributed by atoms with Gasteiger partial charge in [0.05, 0.1) is 5.75 Å². The second kappa shape index (κ2) is 7.70. The molecular weight excluding hydrogens is 254 g/mol. The number of amides is 1. The van der Waals surface area contributed by atoms with E-state index in [1.54, 1.807) is 6.92 Å². The summed E-state index contributed by atoms with van der Waals surface area (Å²) >= 11 is 0. The maximum atomic E-state index is 11.4. The van der Waals surface area contributed by atoms with E-state index >= 15 is 0 Å². The summed E-state index contributed by atoms with van der Waals surface area (Å²) in [5.74, 6) is -0.224. The molecule has 0 aliphatic heterocycles. The van der Waals surface area contributed by atoms with Crippen LogP contribution >= 0.6 is 0 Å². The van der Waals surface area contributed by atoms with Crippen molar-refractivity contribution in [1.29, 1.82) is 0 Å². The first-order chi connectivity index (χ1) is 8.16. The molecule has 0 unspecified atom stereocenters. The van der Waals surface area contributed by atoms with Gasteiger partial charge in [0.15, 0.2) is 0 Å². The summed E-state index contributed by atoms with van der Waals surface area (Å²) in [7, 11) is -3.25. The molecule has 0 saturated heterocycles. The van der Waals surface area contributed by atoms with Crippen LogP contribution in [0.3, 0.4) is 0 Å². The molecule has 0 aliphatic carbocycles. The molecule has 0 aromatic rings. The molecule has 0 radical (unpaired) electrons. The van der Waals surface area contributed by atoms with Crippen molar-refractivity contribution in [2.24, 2.45) is 0 Å². The van der Waals surface area contributed by atoms with Crippen LogP contribution in [-0.4, -0.2) is 45.3 Å². The Morgan fingerprint density at radius 2 is 1.78 bits per heavy atom. The van der Waals surface area contributed by atoms with Gasteiger partial charge in [0.25, 0.3) is 0 Å². The van der Waals surface area contributed by atoms with Gasteiger partial charge >= 0.3 is 0 Å². The fourth-order valence-electron chi connectivity index (χ4n) is 1.26. The molecule has 0 rings (SSSR count). The van der Waals surface area contributed by atoms with Gasteiger partial charge in [-0.25, -0.2) is 13.1 Å². The van der Waals surface area contributed by atoms with Crippen LogP contribution in [0.15, 0.2) is 0 Å². The van der Waals surface area contributed by atoms with Gasteiger partial charge in [0.1, 0.15) is 0 Å². The van der Waals surface area contributed by atoms with Crippen LogP contribution in [0, 0.1) is 0 Å². The highest BCUT2D eigenvalue weighted by Crippen LogP contribution is 1.97. The van der Waals surface area contributed by atoms with Gasteiger partial charge in [-0.3, -0.25) is 4.79 Å². The summed E-state index contributed by atoms with van der Waals surface area (Å²) in [6.07, 6.45) is 0.346. The Balaban J connectivity index is 3.72. The molecule has 0 spiro atoms. The molecule has 0 saturated carbocycles. The number of rotatable bonds is 8. The predicted molar refractivity (Wildman–Crippen MR) is 72.8 cm³/mol. The average molecular weight is 279 g/mol. The van der Waals surface area contributed by atoms with Gasteiger partial charge < -0.3 is 10.6 Å². The van der Waals surface area contributed by atoms with Crippen LogP contribution in [-0.2, 0) is 14.8 Å². The SMILES string of the molecule is CCNS(=O)(=O)CCNC(=O)CCNC(C)(C)C. The monoisotopic (exact) mass is 279 g/mol. The molecule has 18 heavy (non-hydrogen) atoms. The fraction of sp³-hybridized carbons (Fsp3) is 0.909. The molecule has 0 heterocycles. The lowest BCUT2D eigenvalue weighted by Crippen LogP contribution is -2.39. The van der Waals surface area contributed by atoms with Crippen LogP contribution < -0.4 is 15.4 Å². The van der Waals surface area contributed by atoms with E-state index < -0.39 is 10.0 Å². The fourth-order valence-corrected chi connectivity index (χ4v) is 2.21. The molecule has 3 N–H and O–H groups in total. The molecule has 108 valence electrons. The number of hydrogen-bond acceptors (Lipinski definition) is 4. The van der Waals surface area contributed by atoms with Gasteiger partial charge in [-0.1, -0.05) is 6.92 Å². The predicted octanol–water partition coefficient (Wildman–Crippen LogP) is -0.180. The van der Waals surface area contributed by atoms with E-state index in [1.165, 1.54) is 0 Å². The van der Waals surface area contributed by atoms with E-state index in [4.69, 9.17) is 0 Å². The maximum Gasteiger partial charge on any atom is 0.221 e. The van der Waals surface area contributed by atoms with E-state index in [2.05, 4.69) is 15.4 Å². The minimum atomic E-state index is -3.25. The van der Waals surface area contributed by atoms with Crippen LogP contribution in [0.4, 0.5) is 0 Å². The Kier molecular flexibility index (Phi) is 7.42. The van der Waals surface area contributed by atoms with Gasteiger partial charge in [-0.05, 0) is 20.8 Å². The molecule has 0 fully saturated rings. The number of carbonyl (C=O) groups excluding carboxylic acids is 1. The quantitative estimate of drug-likeness (QED) is 0.575. The van der Waals surface area contributed by atoms with E-state index in [-0.39, 0.29) is 23.7 Å². The smallest absolute Gasteiger partial charge is 0.221 e. The number of carbonyl (C=O) groups is 1. The third kappa shape index (κ3) is 10.5. The number of nitrogens with one attached hydrogen (secondary N) is 3. The second-order valence-corrected chi connectivity index (χ2v) is 7.02. The second-order valence-electron chi connectivity index (χ2n) is 5.09. The molecule has 0 aliphatic rings. The lowest BCUT2D eigenvalue weighted by molar-refractivity contribution is -0.120. The largest absolute Gasteiger partial charge is 0.355 e. The molecule has 6 nitrogen and oxygen atoms in total. The minimum absolute atomic E-state index is 0.0192. The van der Waals surface area contributed by atoms with E-state index in [1.807, 2.05) is 20.8 Å².